The Morgan fingerprint density at radius 3 is 2.53 bits per heavy atom. The number of hydrogen-bond acceptors (Lipinski definition) is 5. The zero-order valence-electron chi connectivity index (χ0n) is 8.65. The van der Waals surface area contributed by atoms with Crippen LogP contribution in [0.1, 0.15) is 17.3 Å². The minimum atomic E-state index is -3.22. The second-order valence-electron chi connectivity index (χ2n) is 3.10. The van der Waals surface area contributed by atoms with Gasteiger partial charge in [0.25, 0.3) is 0 Å². The number of alkyl halides is 2. The number of nitrogen functional groups attached to an aromatic ring is 1. The van der Waals surface area contributed by atoms with Crippen molar-refractivity contribution in [3.05, 3.63) is 27.8 Å². The molecule has 0 spiro atoms. The zero-order valence-corrected chi connectivity index (χ0v) is 8.65. The summed E-state index contributed by atoms with van der Waals surface area (Å²) in [6.07, 6.45) is 0. The summed E-state index contributed by atoms with van der Waals surface area (Å²) in [5, 5.41) is 10.6. The van der Waals surface area contributed by atoms with Crippen molar-refractivity contribution in [1.82, 2.24) is 0 Å². The van der Waals surface area contributed by atoms with E-state index in [2.05, 4.69) is 4.74 Å². The van der Waals surface area contributed by atoms with Crippen LogP contribution in [0.4, 0.5) is 20.2 Å². The second-order valence-corrected chi connectivity index (χ2v) is 3.10. The van der Waals surface area contributed by atoms with E-state index in [-0.39, 0.29) is 11.3 Å². The van der Waals surface area contributed by atoms with Gasteiger partial charge in [-0.2, -0.15) is 8.78 Å². The van der Waals surface area contributed by atoms with Gasteiger partial charge in [-0.25, -0.2) is 0 Å². The molecule has 92 valence electrons. The van der Waals surface area contributed by atoms with Crippen LogP contribution in [0.25, 0.3) is 0 Å². The number of carbonyl (C=O) groups excluding carboxylic acids is 1. The third-order valence-corrected chi connectivity index (χ3v) is 1.92. The number of nitrogens with two attached hydrogens (primary N) is 1. The Hall–Kier alpha value is -2.25. The lowest BCUT2D eigenvalue weighted by molar-refractivity contribution is -0.386. The molecular formula is C9H8F2N2O4. The molecule has 0 fully saturated rings. The molecule has 0 saturated heterocycles. The molecule has 1 aromatic rings. The molecule has 8 heteroatoms. The van der Waals surface area contributed by atoms with Gasteiger partial charge in [0.1, 0.15) is 0 Å². The highest BCUT2D eigenvalue weighted by Gasteiger charge is 2.22. The lowest BCUT2D eigenvalue weighted by Crippen LogP contribution is -2.08. The maximum Gasteiger partial charge on any atom is 0.387 e. The van der Waals surface area contributed by atoms with Crippen LogP contribution in [0, 0.1) is 10.1 Å². The van der Waals surface area contributed by atoms with Gasteiger partial charge < -0.3 is 10.5 Å². The number of ketones is 1. The highest BCUT2D eigenvalue weighted by atomic mass is 19.3. The molecule has 0 heterocycles. The maximum atomic E-state index is 12.0. The number of nitrogens with zero attached hydrogens (tertiary/aromatic N) is 1. The molecule has 0 saturated carbocycles. The van der Waals surface area contributed by atoms with Crippen LogP contribution >= 0.6 is 0 Å². The van der Waals surface area contributed by atoms with E-state index in [1.54, 1.807) is 0 Å². The average Bonchev–Trinajstić information content (AvgIpc) is 2.18. The monoisotopic (exact) mass is 246 g/mol. The van der Waals surface area contributed by atoms with E-state index in [1.165, 1.54) is 0 Å². The molecule has 6 nitrogen and oxygen atoms in total. The molecule has 1 rings (SSSR count). The molecule has 0 bridgehead atoms. The molecule has 2 N–H and O–H groups in total. The minimum Gasteiger partial charge on any atom is -0.427 e. The van der Waals surface area contributed by atoms with Crippen molar-refractivity contribution in [3.8, 4) is 5.75 Å². The first-order valence-electron chi connectivity index (χ1n) is 4.36. The van der Waals surface area contributed by atoms with Crippen molar-refractivity contribution in [2.75, 3.05) is 5.73 Å². The minimum absolute atomic E-state index is 0.105. The first-order chi connectivity index (χ1) is 7.82. The third kappa shape index (κ3) is 2.86. The number of nitro benzene ring substituents is 1. The Morgan fingerprint density at radius 2 is 2.12 bits per heavy atom. The number of carbonyl (C=O) groups is 1. The number of benzene rings is 1. The Balaban J connectivity index is 3.36. The third-order valence-electron chi connectivity index (χ3n) is 1.92. The molecule has 0 aliphatic heterocycles. The standard InChI is InChI=1S/C9H8F2N2O4/c1-4(14)5-2-8(17-9(10)11)7(13(15)16)3-6(5)12/h2-3,9H,12H2,1H3. The SMILES string of the molecule is CC(=O)c1cc(OC(F)F)c([N+](=O)[O-])cc1N. The first kappa shape index (κ1) is 12.8. The van der Waals surface area contributed by atoms with Crippen LogP contribution in [0.15, 0.2) is 12.1 Å². The van der Waals surface area contributed by atoms with Crippen LogP contribution in [0.2, 0.25) is 0 Å². The van der Waals surface area contributed by atoms with E-state index in [1.807, 2.05) is 0 Å². The van der Waals surface area contributed by atoms with Crippen LogP contribution in [-0.2, 0) is 0 Å². The summed E-state index contributed by atoms with van der Waals surface area (Å²) in [6.45, 7) is -2.07. The summed E-state index contributed by atoms with van der Waals surface area (Å²) in [7, 11) is 0. The van der Waals surface area contributed by atoms with Gasteiger partial charge in [-0.1, -0.05) is 0 Å². The van der Waals surface area contributed by atoms with Crippen molar-refractivity contribution < 1.29 is 23.2 Å². The smallest absolute Gasteiger partial charge is 0.387 e. The van der Waals surface area contributed by atoms with E-state index < -0.39 is 28.8 Å². The number of halogens is 2. The van der Waals surface area contributed by atoms with Crippen molar-refractivity contribution in [1.29, 1.82) is 0 Å². The molecule has 0 unspecified atom stereocenters. The number of rotatable bonds is 4. The van der Waals surface area contributed by atoms with Crippen LogP contribution in [-0.4, -0.2) is 17.3 Å². The van der Waals surface area contributed by atoms with Gasteiger partial charge in [0.05, 0.1) is 4.92 Å². The quantitative estimate of drug-likeness (QED) is 0.379. The lowest BCUT2D eigenvalue weighted by atomic mass is 10.1. The van der Waals surface area contributed by atoms with Crippen LogP contribution in [0.5, 0.6) is 5.75 Å². The summed E-state index contributed by atoms with van der Waals surface area (Å²) >= 11 is 0. The largest absolute Gasteiger partial charge is 0.427 e. The fourth-order valence-electron chi connectivity index (χ4n) is 1.22. The van der Waals surface area contributed by atoms with Crippen molar-refractivity contribution >= 4 is 17.2 Å². The molecule has 0 aliphatic carbocycles. The van der Waals surface area contributed by atoms with E-state index in [0.29, 0.717) is 0 Å². The summed E-state index contributed by atoms with van der Waals surface area (Å²) < 4.78 is 28.0. The average molecular weight is 246 g/mol. The van der Waals surface area contributed by atoms with Crippen molar-refractivity contribution in [2.24, 2.45) is 0 Å². The van der Waals surface area contributed by atoms with Crippen LogP contribution < -0.4 is 10.5 Å². The molecule has 0 amide bonds. The molecule has 0 radical (unpaired) electrons. The summed E-state index contributed by atoms with van der Waals surface area (Å²) in [4.78, 5) is 20.8. The Morgan fingerprint density at radius 1 is 1.53 bits per heavy atom. The molecule has 0 atom stereocenters. The zero-order chi connectivity index (χ0) is 13.2. The highest BCUT2D eigenvalue weighted by Crippen LogP contribution is 2.33. The number of anilines is 1. The summed E-state index contributed by atoms with van der Waals surface area (Å²) in [5.41, 5.74) is 4.41. The highest BCUT2D eigenvalue weighted by molar-refractivity contribution is 6.00. The van der Waals surface area contributed by atoms with Gasteiger partial charge in [-0.15, -0.1) is 0 Å². The fourth-order valence-corrected chi connectivity index (χ4v) is 1.22. The van der Waals surface area contributed by atoms with Gasteiger partial charge >= 0.3 is 12.3 Å². The van der Waals surface area contributed by atoms with Crippen LogP contribution in [0.3, 0.4) is 0 Å². The fraction of sp³-hybridized carbons (Fsp3) is 0.222. The molecule has 0 aliphatic rings. The second kappa shape index (κ2) is 4.73. The molecule has 17 heavy (non-hydrogen) atoms. The Bertz CT molecular complexity index is 476. The van der Waals surface area contributed by atoms with Gasteiger partial charge in [-0.05, 0) is 6.92 Å². The van der Waals surface area contributed by atoms with Crippen molar-refractivity contribution in [3.63, 3.8) is 0 Å². The topological polar surface area (TPSA) is 95.5 Å². The Labute approximate surface area is 94.1 Å². The molecule has 0 aromatic heterocycles. The number of nitro groups is 1. The van der Waals surface area contributed by atoms with Gasteiger partial charge in [0, 0.05) is 23.4 Å². The van der Waals surface area contributed by atoms with Gasteiger partial charge in [0.15, 0.2) is 5.78 Å². The first-order valence-corrected chi connectivity index (χ1v) is 4.36. The number of ether oxygens (including phenoxy) is 1. The van der Waals surface area contributed by atoms with E-state index >= 15 is 0 Å². The predicted molar refractivity (Wildman–Crippen MR) is 54.1 cm³/mol. The lowest BCUT2D eigenvalue weighted by Gasteiger charge is -2.08. The molecule has 1 aromatic carbocycles. The van der Waals surface area contributed by atoms with Gasteiger partial charge in [-0.3, -0.25) is 14.9 Å². The summed E-state index contributed by atoms with van der Waals surface area (Å²) in [5.74, 6) is -1.19. The number of Topliss-reactive ketones (excluding diaryl/α,β-unsaturated/α-hetero) is 1. The van der Waals surface area contributed by atoms with Gasteiger partial charge in [0.2, 0.25) is 5.75 Å². The van der Waals surface area contributed by atoms with E-state index in [4.69, 9.17) is 5.73 Å². The molecular weight excluding hydrogens is 238 g/mol. The van der Waals surface area contributed by atoms with E-state index in [9.17, 15) is 23.7 Å². The maximum absolute atomic E-state index is 12.0. The van der Waals surface area contributed by atoms with E-state index in [0.717, 1.165) is 19.1 Å². The normalized spacial score (nSPS) is 10.4. The Kier molecular flexibility index (Phi) is 3.56. The number of hydrogen-bond donors (Lipinski definition) is 1. The summed E-state index contributed by atoms with van der Waals surface area (Å²) in [6, 6.07) is 1.65. The van der Waals surface area contributed by atoms with Crippen molar-refractivity contribution in [2.45, 2.75) is 13.5 Å². The predicted octanol–water partition coefficient (Wildman–Crippen LogP) is 1.98.